The van der Waals surface area contributed by atoms with Gasteiger partial charge >= 0.3 is 5.97 Å². The van der Waals surface area contributed by atoms with Crippen LogP contribution in [0.3, 0.4) is 0 Å². The SMILES string of the molecule is CCOC(=O)CN(C=O)[C@H]1CCCc2ccccc21. The monoisotopic (exact) mass is 261 g/mol. The predicted molar refractivity (Wildman–Crippen MR) is 71.5 cm³/mol. The van der Waals surface area contributed by atoms with Crippen LogP contribution in [0.4, 0.5) is 0 Å². The van der Waals surface area contributed by atoms with Crippen molar-refractivity contribution in [2.75, 3.05) is 13.2 Å². The maximum Gasteiger partial charge on any atom is 0.325 e. The van der Waals surface area contributed by atoms with E-state index in [1.54, 1.807) is 11.8 Å². The Morgan fingerprint density at radius 1 is 1.47 bits per heavy atom. The molecule has 1 aliphatic rings. The van der Waals surface area contributed by atoms with E-state index in [9.17, 15) is 9.59 Å². The lowest BCUT2D eigenvalue weighted by Crippen LogP contribution is -2.35. The molecule has 0 saturated carbocycles. The van der Waals surface area contributed by atoms with Crippen LogP contribution in [0, 0.1) is 0 Å². The first kappa shape index (κ1) is 13.6. The lowest BCUT2D eigenvalue weighted by atomic mass is 9.87. The van der Waals surface area contributed by atoms with Crippen LogP contribution in [-0.2, 0) is 20.7 Å². The zero-order chi connectivity index (χ0) is 13.7. The fourth-order valence-corrected chi connectivity index (χ4v) is 2.65. The third-order valence-corrected chi connectivity index (χ3v) is 3.49. The molecule has 0 N–H and O–H groups in total. The second-order valence-corrected chi connectivity index (χ2v) is 4.69. The molecule has 2 rings (SSSR count). The van der Waals surface area contributed by atoms with Crippen LogP contribution < -0.4 is 0 Å². The van der Waals surface area contributed by atoms with Crippen LogP contribution >= 0.6 is 0 Å². The Hall–Kier alpha value is -1.84. The molecule has 1 aromatic rings. The van der Waals surface area contributed by atoms with Gasteiger partial charge in [-0.1, -0.05) is 24.3 Å². The van der Waals surface area contributed by atoms with E-state index in [1.807, 2.05) is 18.2 Å². The Morgan fingerprint density at radius 2 is 2.26 bits per heavy atom. The van der Waals surface area contributed by atoms with Crippen molar-refractivity contribution in [1.29, 1.82) is 0 Å². The van der Waals surface area contributed by atoms with E-state index >= 15 is 0 Å². The summed E-state index contributed by atoms with van der Waals surface area (Å²) in [7, 11) is 0. The van der Waals surface area contributed by atoms with Gasteiger partial charge in [0.15, 0.2) is 0 Å². The minimum absolute atomic E-state index is 0.00754. The standard InChI is InChI=1S/C15H19NO3/c1-2-19-15(18)10-16(11-17)14-9-5-7-12-6-3-4-8-13(12)14/h3-4,6,8,11,14H,2,5,7,9-10H2,1H3/t14-/m0/s1. The lowest BCUT2D eigenvalue weighted by Gasteiger charge is -2.32. The summed E-state index contributed by atoms with van der Waals surface area (Å²) in [6, 6.07) is 8.12. The molecule has 0 bridgehead atoms. The highest BCUT2D eigenvalue weighted by atomic mass is 16.5. The number of hydrogen-bond donors (Lipinski definition) is 0. The van der Waals surface area contributed by atoms with E-state index < -0.39 is 0 Å². The Balaban J connectivity index is 2.16. The second kappa shape index (κ2) is 6.36. The van der Waals surface area contributed by atoms with Crippen LogP contribution in [0.15, 0.2) is 24.3 Å². The Morgan fingerprint density at radius 3 is 3.00 bits per heavy atom. The summed E-state index contributed by atoms with van der Waals surface area (Å²) >= 11 is 0. The topological polar surface area (TPSA) is 46.6 Å². The Kier molecular flexibility index (Phi) is 4.55. The highest BCUT2D eigenvalue weighted by molar-refractivity contribution is 5.74. The zero-order valence-corrected chi connectivity index (χ0v) is 11.2. The van der Waals surface area contributed by atoms with Gasteiger partial charge in [-0.3, -0.25) is 9.59 Å². The third-order valence-electron chi connectivity index (χ3n) is 3.49. The van der Waals surface area contributed by atoms with E-state index in [1.165, 1.54) is 5.56 Å². The summed E-state index contributed by atoms with van der Waals surface area (Å²) in [6.45, 7) is 2.13. The van der Waals surface area contributed by atoms with Gasteiger partial charge in [0, 0.05) is 0 Å². The van der Waals surface area contributed by atoms with Gasteiger partial charge in [0.1, 0.15) is 6.54 Å². The molecule has 0 heterocycles. The Bertz CT molecular complexity index is 458. The largest absolute Gasteiger partial charge is 0.465 e. The fraction of sp³-hybridized carbons (Fsp3) is 0.467. The summed E-state index contributed by atoms with van der Waals surface area (Å²) in [5, 5.41) is 0. The number of rotatable bonds is 5. The molecule has 1 amide bonds. The van der Waals surface area contributed by atoms with Gasteiger partial charge in [0.05, 0.1) is 12.6 Å². The molecule has 0 aliphatic heterocycles. The van der Waals surface area contributed by atoms with Crippen molar-refractivity contribution in [2.24, 2.45) is 0 Å². The number of esters is 1. The van der Waals surface area contributed by atoms with Crippen molar-refractivity contribution in [3.63, 3.8) is 0 Å². The van der Waals surface area contributed by atoms with Gasteiger partial charge in [0.2, 0.25) is 6.41 Å². The number of ether oxygens (including phenoxy) is 1. The molecule has 1 aromatic carbocycles. The molecule has 0 unspecified atom stereocenters. The molecule has 0 spiro atoms. The summed E-state index contributed by atoms with van der Waals surface area (Å²) in [6.07, 6.45) is 3.73. The number of fused-ring (bicyclic) bond motifs is 1. The molecule has 102 valence electrons. The fourth-order valence-electron chi connectivity index (χ4n) is 2.65. The zero-order valence-electron chi connectivity index (χ0n) is 11.2. The van der Waals surface area contributed by atoms with E-state index in [2.05, 4.69) is 6.07 Å². The molecule has 19 heavy (non-hydrogen) atoms. The smallest absolute Gasteiger partial charge is 0.325 e. The van der Waals surface area contributed by atoms with E-state index in [4.69, 9.17) is 4.74 Å². The first-order valence-electron chi connectivity index (χ1n) is 6.70. The highest BCUT2D eigenvalue weighted by Crippen LogP contribution is 2.33. The van der Waals surface area contributed by atoms with Crippen LogP contribution in [0.25, 0.3) is 0 Å². The number of carbonyl (C=O) groups excluding carboxylic acids is 2. The third kappa shape index (κ3) is 3.13. The molecule has 4 heteroatoms. The molecular formula is C15H19NO3. The first-order chi connectivity index (χ1) is 9.26. The van der Waals surface area contributed by atoms with Gasteiger partial charge in [-0.25, -0.2) is 0 Å². The van der Waals surface area contributed by atoms with E-state index in [0.29, 0.717) is 6.61 Å². The molecule has 0 fully saturated rings. The number of carbonyl (C=O) groups is 2. The molecule has 0 aromatic heterocycles. The summed E-state index contributed by atoms with van der Waals surface area (Å²) in [5.74, 6) is -0.349. The molecule has 0 saturated heterocycles. The lowest BCUT2D eigenvalue weighted by molar-refractivity contribution is -0.147. The summed E-state index contributed by atoms with van der Waals surface area (Å²) < 4.78 is 4.91. The van der Waals surface area contributed by atoms with Crippen LogP contribution in [-0.4, -0.2) is 30.4 Å². The van der Waals surface area contributed by atoms with E-state index in [0.717, 1.165) is 31.2 Å². The van der Waals surface area contributed by atoms with Crippen LogP contribution in [0.1, 0.15) is 36.9 Å². The van der Waals surface area contributed by atoms with Crippen molar-refractivity contribution in [3.8, 4) is 0 Å². The normalized spacial score (nSPS) is 17.4. The van der Waals surface area contributed by atoms with Crippen molar-refractivity contribution in [3.05, 3.63) is 35.4 Å². The second-order valence-electron chi connectivity index (χ2n) is 4.69. The average Bonchev–Trinajstić information content (AvgIpc) is 2.44. The van der Waals surface area contributed by atoms with Crippen molar-refractivity contribution < 1.29 is 14.3 Å². The first-order valence-corrected chi connectivity index (χ1v) is 6.70. The minimum atomic E-state index is -0.349. The van der Waals surface area contributed by atoms with Crippen molar-refractivity contribution >= 4 is 12.4 Å². The molecule has 4 nitrogen and oxygen atoms in total. The van der Waals surface area contributed by atoms with Gasteiger partial charge < -0.3 is 9.64 Å². The molecular weight excluding hydrogens is 242 g/mol. The van der Waals surface area contributed by atoms with Gasteiger partial charge in [-0.05, 0) is 37.3 Å². The maximum atomic E-state index is 11.5. The Labute approximate surface area is 113 Å². The number of nitrogens with zero attached hydrogens (tertiary/aromatic N) is 1. The number of aryl methyl sites for hydroxylation is 1. The number of amides is 1. The number of benzene rings is 1. The van der Waals surface area contributed by atoms with Crippen LogP contribution in [0.5, 0.6) is 0 Å². The van der Waals surface area contributed by atoms with Gasteiger partial charge in [0.25, 0.3) is 0 Å². The number of hydrogen-bond acceptors (Lipinski definition) is 3. The highest BCUT2D eigenvalue weighted by Gasteiger charge is 2.26. The van der Waals surface area contributed by atoms with Gasteiger partial charge in [-0.15, -0.1) is 0 Å². The molecule has 1 aliphatic carbocycles. The predicted octanol–water partition coefficient (Wildman–Crippen LogP) is 2.09. The maximum absolute atomic E-state index is 11.5. The van der Waals surface area contributed by atoms with Crippen LogP contribution in [0.2, 0.25) is 0 Å². The summed E-state index contributed by atoms with van der Waals surface area (Å²) in [4.78, 5) is 24.4. The van der Waals surface area contributed by atoms with E-state index in [-0.39, 0.29) is 18.6 Å². The molecule has 0 radical (unpaired) electrons. The molecule has 1 atom stereocenters. The van der Waals surface area contributed by atoms with Crippen molar-refractivity contribution in [1.82, 2.24) is 4.90 Å². The average molecular weight is 261 g/mol. The quantitative estimate of drug-likeness (QED) is 0.602. The van der Waals surface area contributed by atoms with Crippen molar-refractivity contribution in [2.45, 2.75) is 32.2 Å². The minimum Gasteiger partial charge on any atom is -0.465 e. The van der Waals surface area contributed by atoms with Gasteiger partial charge in [-0.2, -0.15) is 0 Å². The summed E-state index contributed by atoms with van der Waals surface area (Å²) in [5.41, 5.74) is 2.43.